The van der Waals surface area contributed by atoms with Crippen molar-refractivity contribution in [3.63, 3.8) is 0 Å². The lowest BCUT2D eigenvalue weighted by atomic mass is 9.16. The lowest BCUT2D eigenvalue weighted by molar-refractivity contribution is -0.118. The zero-order valence-electron chi connectivity index (χ0n) is 11.4. The Morgan fingerprint density at radius 1 is 1.26 bits per heavy atom. The number of hydrogen-bond donors (Lipinski definition) is 2. The third-order valence-corrected chi connectivity index (χ3v) is 3.01. The minimum atomic E-state index is -0.714. The van der Waals surface area contributed by atoms with Crippen LogP contribution in [0.25, 0.3) is 0 Å². The summed E-state index contributed by atoms with van der Waals surface area (Å²) in [7, 11) is 24.6. The molecule has 0 fully saturated rings. The number of hydrazine groups is 1. The first kappa shape index (κ1) is 15.9. The number of hydrogen-bond acceptors (Lipinski definition) is 2. The Morgan fingerprint density at radius 2 is 1.84 bits per heavy atom. The molecule has 1 rings (SSSR count). The average Bonchev–Trinajstić information content (AvgIpc) is 2.31. The van der Waals surface area contributed by atoms with Crippen molar-refractivity contribution < 1.29 is 4.79 Å². The van der Waals surface area contributed by atoms with Crippen LogP contribution in [0.2, 0.25) is 0 Å². The molecular formula is C10H11B6N2O. The van der Waals surface area contributed by atoms with E-state index in [-0.39, 0.29) is 5.91 Å². The summed E-state index contributed by atoms with van der Waals surface area (Å²) < 4.78 is 0. The summed E-state index contributed by atoms with van der Waals surface area (Å²) >= 11 is 0. The van der Waals surface area contributed by atoms with Gasteiger partial charge in [-0.1, -0.05) is 16.5 Å². The van der Waals surface area contributed by atoms with Crippen LogP contribution in [0.3, 0.4) is 0 Å². The van der Waals surface area contributed by atoms with Gasteiger partial charge in [0.2, 0.25) is 5.91 Å². The minimum absolute atomic E-state index is 0.235. The number of benzene rings is 1. The summed E-state index contributed by atoms with van der Waals surface area (Å²) in [6, 6.07) is 0. The summed E-state index contributed by atoms with van der Waals surface area (Å²) in [5.41, 5.74) is 9.30. The highest BCUT2D eigenvalue weighted by Crippen LogP contribution is 2.10. The molecule has 9 heteroatoms. The Morgan fingerprint density at radius 3 is 2.26 bits per heavy atom. The molecule has 0 heterocycles. The molecule has 0 atom stereocenters. The summed E-state index contributed by atoms with van der Waals surface area (Å²) in [5, 5.41) is 0. The van der Waals surface area contributed by atoms with E-state index in [1.54, 1.807) is 6.92 Å². The topological polar surface area (TPSA) is 41.1 Å². The molecule has 0 aliphatic carbocycles. The number of carbonyl (C=O) groups excluding carboxylic acids is 1. The Balaban J connectivity index is 3.46. The summed E-state index contributed by atoms with van der Waals surface area (Å²) in [5.74, 6) is -0.235. The van der Waals surface area contributed by atoms with Gasteiger partial charge in [0.15, 0.2) is 0 Å². The van der Waals surface area contributed by atoms with Crippen LogP contribution >= 0.6 is 0 Å². The zero-order chi connectivity index (χ0) is 14.7. The standard InChI is InChI=1S/C10H11B6N2O/c1-4-7(11)8(15-12)5(2)9(16(13)14)10(4)18-17-6(3)19/h18H,1-3H3,(H,17,19). The van der Waals surface area contributed by atoms with E-state index in [4.69, 9.17) is 31.1 Å². The Labute approximate surface area is 120 Å². The van der Waals surface area contributed by atoms with Crippen molar-refractivity contribution in [2.75, 3.05) is 5.43 Å². The predicted molar refractivity (Wildman–Crippen MR) is 86.8 cm³/mol. The molecular weight excluding hydrogens is 229 g/mol. The van der Waals surface area contributed by atoms with E-state index in [1.165, 1.54) is 14.1 Å². The molecule has 3 nitrogen and oxygen atoms in total. The SMILES string of the molecule is [B][B]c1c([B])c(C)c(NNC(C)=O)c(B([B])[B])c1C. The molecule has 85 valence electrons. The second-order valence-corrected chi connectivity index (χ2v) is 4.36. The van der Waals surface area contributed by atoms with Crippen molar-refractivity contribution in [2.24, 2.45) is 0 Å². The third kappa shape index (κ3) is 3.26. The fourth-order valence-corrected chi connectivity index (χ4v) is 2.02. The van der Waals surface area contributed by atoms with Crippen LogP contribution in [0, 0.1) is 13.8 Å². The summed E-state index contributed by atoms with van der Waals surface area (Å²) in [6.07, 6.45) is 0. The van der Waals surface area contributed by atoms with E-state index in [2.05, 4.69) is 10.9 Å². The van der Waals surface area contributed by atoms with Crippen LogP contribution in [0.5, 0.6) is 0 Å². The van der Waals surface area contributed by atoms with Crippen molar-refractivity contribution in [3.8, 4) is 0 Å². The van der Waals surface area contributed by atoms with Gasteiger partial charge in [0, 0.05) is 35.8 Å². The van der Waals surface area contributed by atoms with Gasteiger partial charge in [0.05, 0.1) is 13.7 Å². The first-order chi connectivity index (χ1) is 8.81. The normalized spacial score (nSPS) is 9.84. The fourth-order valence-electron chi connectivity index (χ4n) is 2.02. The van der Waals surface area contributed by atoms with Crippen LogP contribution in [0.15, 0.2) is 0 Å². The van der Waals surface area contributed by atoms with Gasteiger partial charge in [-0.25, -0.2) is 0 Å². The van der Waals surface area contributed by atoms with Gasteiger partial charge in [-0.15, -0.1) is 5.46 Å². The van der Waals surface area contributed by atoms with Crippen molar-refractivity contribution >= 4 is 72.7 Å². The van der Waals surface area contributed by atoms with E-state index in [0.717, 1.165) is 11.1 Å². The molecule has 0 saturated carbocycles. The first-order valence-electron chi connectivity index (χ1n) is 5.82. The maximum atomic E-state index is 11.0. The average molecular weight is 240 g/mol. The van der Waals surface area contributed by atoms with Gasteiger partial charge in [0.1, 0.15) is 7.85 Å². The van der Waals surface area contributed by atoms with Gasteiger partial charge < -0.3 is 0 Å². The second kappa shape index (κ2) is 6.36. The smallest absolute Gasteiger partial charge is 0.235 e. The van der Waals surface area contributed by atoms with Crippen LogP contribution in [-0.2, 0) is 4.79 Å². The highest BCUT2D eigenvalue weighted by molar-refractivity contribution is 7.35. The number of rotatable bonds is 4. The minimum Gasteiger partial charge on any atom is -0.299 e. The van der Waals surface area contributed by atoms with E-state index in [1.807, 2.05) is 6.92 Å². The molecule has 19 heavy (non-hydrogen) atoms. The Bertz CT molecular complexity index is 506. The molecule has 0 aromatic heterocycles. The summed E-state index contributed by atoms with van der Waals surface area (Å²) in [4.78, 5) is 11.0. The zero-order valence-corrected chi connectivity index (χ0v) is 11.4. The van der Waals surface area contributed by atoms with E-state index in [0.29, 0.717) is 22.1 Å². The van der Waals surface area contributed by atoms with E-state index in [9.17, 15) is 4.79 Å². The fraction of sp³-hybridized carbons (Fsp3) is 0.300. The van der Waals surface area contributed by atoms with Crippen LogP contribution < -0.4 is 27.2 Å². The largest absolute Gasteiger partial charge is 0.299 e. The van der Waals surface area contributed by atoms with E-state index >= 15 is 0 Å². The van der Waals surface area contributed by atoms with Gasteiger partial charge >= 0.3 is 0 Å². The maximum Gasteiger partial charge on any atom is 0.235 e. The Hall–Kier alpha value is -1.12. The molecule has 0 aliphatic rings. The lowest BCUT2D eigenvalue weighted by Gasteiger charge is -2.25. The first-order valence-corrected chi connectivity index (χ1v) is 5.82. The molecule has 0 spiro atoms. The Kier molecular flexibility index (Phi) is 5.33. The van der Waals surface area contributed by atoms with Crippen molar-refractivity contribution in [1.29, 1.82) is 0 Å². The molecule has 0 aliphatic heterocycles. The molecule has 1 amide bonds. The highest BCUT2D eigenvalue weighted by atomic mass is 16.2. The second-order valence-electron chi connectivity index (χ2n) is 4.36. The molecule has 1 aromatic carbocycles. The van der Waals surface area contributed by atoms with Crippen molar-refractivity contribution in [3.05, 3.63) is 11.1 Å². The van der Waals surface area contributed by atoms with Gasteiger partial charge in [-0.05, 0) is 19.4 Å². The molecule has 0 saturated heterocycles. The van der Waals surface area contributed by atoms with Crippen LogP contribution in [0.4, 0.5) is 5.69 Å². The number of anilines is 1. The molecule has 1 aromatic rings. The van der Waals surface area contributed by atoms with Crippen LogP contribution in [-0.4, -0.2) is 50.6 Å². The number of amides is 1. The summed E-state index contributed by atoms with van der Waals surface area (Å²) in [6.45, 7) is 4.31. The quantitative estimate of drug-likeness (QED) is 0.435. The van der Waals surface area contributed by atoms with Gasteiger partial charge in [0.25, 0.3) is 0 Å². The van der Waals surface area contributed by atoms with Crippen LogP contribution in [0.1, 0.15) is 18.1 Å². The highest BCUT2D eigenvalue weighted by Gasteiger charge is 2.18. The van der Waals surface area contributed by atoms with Crippen molar-refractivity contribution in [1.82, 2.24) is 5.43 Å². The molecule has 9 radical (unpaired) electrons. The monoisotopic (exact) mass is 241 g/mol. The predicted octanol–water partition coefficient (Wildman–Crippen LogP) is -2.99. The molecule has 2 N–H and O–H groups in total. The third-order valence-electron chi connectivity index (χ3n) is 3.01. The van der Waals surface area contributed by atoms with E-state index < -0.39 is 6.49 Å². The molecule has 0 unspecified atom stereocenters. The van der Waals surface area contributed by atoms with Gasteiger partial charge in [-0.3, -0.25) is 15.6 Å². The number of nitrogens with one attached hydrogen (secondary N) is 2. The van der Waals surface area contributed by atoms with Gasteiger partial charge in [-0.2, -0.15) is 0 Å². The molecule has 0 bridgehead atoms. The van der Waals surface area contributed by atoms with Crippen molar-refractivity contribution in [2.45, 2.75) is 20.8 Å². The lowest BCUT2D eigenvalue weighted by Crippen LogP contribution is -2.48. The number of carbonyl (C=O) groups is 1. The maximum absolute atomic E-state index is 11.0.